The Bertz CT molecular complexity index is 376. The van der Waals surface area contributed by atoms with Crippen molar-refractivity contribution < 1.29 is 4.74 Å². The number of anilines is 1. The molecule has 1 aliphatic carbocycles. The van der Waals surface area contributed by atoms with Crippen LogP contribution < -0.4 is 15.4 Å². The number of hydrogen-bond donors (Lipinski definition) is 1. The van der Waals surface area contributed by atoms with Crippen molar-refractivity contribution >= 4 is 5.69 Å². The number of methoxy groups -OCH3 is 1. The fourth-order valence-electron chi connectivity index (χ4n) is 2.94. The number of nitrogens with zero attached hydrogens (tertiary/aromatic N) is 1. The smallest absolute Gasteiger partial charge is 0.119 e. The molecule has 16 heavy (non-hydrogen) atoms. The van der Waals surface area contributed by atoms with E-state index < -0.39 is 0 Å². The summed E-state index contributed by atoms with van der Waals surface area (Å²) in [7, 11) is 1.70. The van der Waals surface area contributed by atoms with Gasteiger partial charge < -0.3 is 15.4 Å². The van der Waals surface area contributed by atoms with Gasteiger partial charge in [0.1, 0.15) is 5.75 Å². The molecule has 86 valence electrons. The highest BCUT2D eigenvalue weighted by atomic mass is 16.5. The summed E-state index contributed by atoms with van der Waals surface area (Å²) in [6, 6.07) is 8.86. The number of benzene rings is 1. The Kier molecular flexibility index (Phi) is 2.28. The lowest BCUT2D eigenvalue weighted by Crippen LogP contribution is -2.38. The zero-order valence-corrected chi connectivity index (χ0v) is 9.60. The predicted octanol–water partition coefficient (Wildman–Crippen LogP) is 1.48. The summed E-state index contributed by atoms with van der Waals surface area (Å²) in [5.41, 5.74) is 7.15. The molecule has 0 amide bonds. The molecule has 2 N–H and O–H groups in total. The monoisotopic (exact) mass is 218 g/mol. The molecule has 0 radical (unpaired) electrons. The van der Waals surface area contributed by atoms with Crippen LogP contribution in [0.4, 0.5) is 5.69 Å². The van der Waals surface area contributed by atoms with Gasteiger partial charge in [0.05, 0.1) is 7.11 Å². The van der Waals surface area contributed by atoms with Crippen molar-refractivity contribution in [3.8, 4) is 5.75 Å². The highest BCUT2D eigenvalue weighted by Gasteiger charge is 2.51. The van der Waals surface area contributed by atoms with E-state index in [9.17, 15) is 0 Å². The van der Waals surface area contributed by atoms with Crippen molar-refractivity contribution in [2.45, 2.75) is 12.5 Å². The second-order valence-electron chi connectivity index (χ2n) is 4.81. The number of hydrogen-bond acceptors (Lipinski definition) is 3. The molecule has 3 unspecified atom stereocenters. The summed E-state index contributed by atoms with van der Waals surface area (Å²) in [6.45, 7) is 1.95. The highest BCUT2D eigenvalue weighted by Crippen LogP contribution is 2.50. The Morgan fingerprint density at radius 2 is 2.12 bits per heavy atom. The first kappa shape index (κ1) is 9.97. The van der Waals surface area contributed by atoms with Crippen molar-refractivity contribution in [3.63, 3.8) is 0 Å². The number of nitrogens with two attached hydrogens (primary N) is 1. The average Bonchev–Trinajstić information content (AvgIpc) is 3.01. The topological polar surface area (TPSA) is 38.5 Å². The van der Waals surface area contributed by atoms with Gasteiger partial charge in [-0.3, -0.25) is 0 Å². The van der Waals surface area contributed by atoms with E-state index >= 15 is 0 Å². The SMILES string of the molecule is COc1ccc(N2CC3CC3C2CN)cc1. The van der Waals surface area contributed by atoms with Crippen molar-refractivity contribution in [2.75, 3.05) is 25.1 Å². The second kappa shape index (κ2) is 3.67. The van der Waals surface area contributed by atoms with E-state index in [0.717, 1.165) is 24.1 Å². The maximum absolute atomic E-state index is 5.87. The van der Waals surface area contributed by atoms with Gasteiger partial charge in [-0.15, -0.1) is 0 Å². The van der Waals surface area contributed by atoms with Crippen molar-refractivity contribution in [3.05, 3.63) is 24.3 Å². The summed E-state index contributed by atoms with van der Waals surface area (Å²) >= 11 is 0. The van der Waals surface area contributed by atoms with Gasteiger partial charge in [0.25, 0.3) is 0 Å². The molecule has 3 atom stereocenters. The largest absolute Gasteiger partial charge is 0.497 e. The second-order valence-corrected chi connectivity index (χ2v) is 4.81. The van der Waals surface area contributed by atoms with E-state index in [1.54, 1.807) is 7.11 Å². The van der Waals surface area contributed by atoms with Crippen LogP contribution in [-0.4, -0.2) is 26.2 Å². The summed E-state index contributed by atoms with van der Waals surface area (Å²) in [6.07, 6.45) is 1.38. The molecule has 0 spiro atoms. The average molecular weight is 218 g/mol. The van der Waals surface area contributed by atoms with Gasteiger partial charge >= 0.3 is 0 Å². The first-order valence-corrected chi connectivity index (χ1v) is 5.94. The van der Waals surface area contributed by atoms with Crippen LogP contribution in [0.25, 0.3) is 0 Å². The van der Waals surface area contributed by atoms with E-state index in [2.05, 4.69) is 17.0 Å². The minimum Gasteiger partial charge on any atom is -0.497 e. The first-order valence-electron chi connectivity index (χ1n) is 5.94. The Morgan fingerprint density at radius 1 is 1.38 bits per heavy atom. The maximum atomic E-state index is 5.87. The third kappa shape index (κ3) is 1.47. The lowest BCUT2D eigenvalue weighted by Gasteiger charge is -2.28. The van der Waals surface area contributed by atoms with Crippen molar-refractivity contribution in [1.82, 2.24) is 0 Å². The Hall–Kier alpha value is -1.22. The molecule has 1 aromatic carbocycles. The first-order chi connectivity index (χ1) is 7.83. The van der Waals surface area contributed by atoms with Crippen LogP contribution >= 0.6 is 0 Å². The number of piperidine rings is 1. The van der Waals surface area contributed by atoms with Crippen LogP contribution in [0, 0.1) is 11.8 Å². The summed E-state index contributed by atoms with van der Waals surface area (Å²) < 4.78 is 5.17. The lowest BCUT2D eigenvalue weighted by atomic mass is 10.1. The summed E-state index contributed by atoms with van der Waals surface area (Å²) in [5.74, 6) is 2.67. The van der Waals surface area contributed by atoms with Crippen LogP contribution in [0.1, 0.15) is 6.42 Å². The summed E-state index contributed by atoms with van der Waals surface area (Å²) in [5, 5.41) is 0. The normalized spacial score (nSPS) is 31.4. The molecule has 0 aromatic heterocycles. The minimum absolute atomic E-state index is 0.554. The molecule has 1 aliphatic heterocycles. The third-order valence-corrected chi connectivity index (χ3v) is 3.95. The quantitative estimate of drug-likeness (QED) is 0.835. The zero-order chi connectivity index (χ0) is 11.1. The number of fused-ring (bicyclic) bond motifs is 1. The van der Waals surface area contributed by atoms with Gasteiger partial charge in [0.2, 0.25) is 0 Å². The van der Waals surface area contributed by atoms with Gasteiger partial charge in [0, 0.05) is 24.8 Å². The van der Waals surface area contributed by atoms with E-state index in [4.69, 9.17) is 10.5 Å². The molecule has 0 bridgehead atoms. The molecular weight excluding hydrogens is 200 g/mol. The Labute approximate surface area is 96.2 Å². The zero-order valence-electron chi connectivity index (χ0n) is 9.60. The van der Waals surface area contributed by atoms with Crippen LogP contribution in [0.15, 0.2) is 24.3 Å². The van der Waals surface area contributed by atoms with Gasteiger partial charge in [0.15, 0.2) is 0 Å². The maximum Gasteiger partial charge on any atom is 0.119 e. The van der Waals surface area contributed by atoms with Gasteiger partial charge in [-0.1, -0.05) is 0 Å². The number of rotatable bonds is 3. The fourth-order valence-corrected chi connectivity index (χ4v) is 2.94. The minimum atomic E-state index is 0.554. The molecule has 1 saturated heterocycles. The molecular formula is C13H18N2O. The van der Waals surface area contributed by atoms with Gasteiger partial charge in [-0.05, 0) is 42.5 Å². The Balaban J connectivity index is 1.81. The molecule has 1 aromatic rings. The summed E-state index contributed by atoms with van der Waals surface area (Å²) in [4.78, 5) is 2.46. The van der Waals surface area contributed by atoms with Crippen LogP contribution in [0.2, 0.25) is 0 Å². The van der Waals surface area contributed by atoms with Gasteiger partial charge in [-0.2, -0.15) is 0 Å². The predicted molar refractivity (Wildman–Crippen MR) is 64.8 cm³/mol. The number of ether oxygens (including phenoxy) is 1. The molecule has 1 saturated carbocycles. The van der Waals surface area contributed by atoms with Crippen LogP contribution in [0.5, 0.6) is 5.75 Å². The van der Waals surface area contributed by atoms with E-state index in [1.807, 2.05) is 12.1 Å². The van der Waals surface area contributed by atoms with Crippen molar-refractivity contribution in [1.29, 1.82) is 0 Å². The molecule has 3 rings (SSSR count). The Morgan fingerprint density at radius 3 is 2.75 bits per heavy atom. The molecule has 3 heteroatoms. The van der Waals surface area contributed by atoms with E-state index in [1.165, 1.54) is 18.7 Å². The van der Waals surface area contributed by atoms with E-state index in [-0.39, 0.29) is 0 Å². The standard InChI is InChI=1S/C13H18N2O/c1-16-11-4-2-10(3-5-11)15-8-9-6-12(9)13(15)7-14/h2-5,9,12-13H,6-8,14H2,1H3. The fraction of sp³-hybridized carbons (Fsp3) is 0.538. The molecule has 3 nitrogen and oxygen atoms in total. The third-order valence-electron chi connectivity index (χ3n) is 3.95. The van der Waals surface area contributed by atoms with E-state index in [0.29, 0.717) is 6.04 Å². The van der Waals surface area contributed by atoms with Crippen LogP contribution in [-0.2, 0) is 0 Å². The molecule has 2 fully saturated rings. The van der Waals surface area contributed by atoms with Crippen LogP contribution in [0.3, 0.4) is 0 Å². The van der Waals surface area contributed by atoms with Gasteiger partial charge in [-0.25, -0.2) is 0 Å². The molecule has 1 heterocycles. The highest BCUT2D eigenvalue weighted by molar-refractivity contribution is 5.52. The lowest BCUT2D eigenvalue weighted by molar-refractivity contribution is 0.415. The van der Waals surface area contributed by atoms with Crippen molar-refractivity contribution in [2.24, 2.45) is 17.6 Å². The molecule has 2 aliphatic rings.